The summed E-state index contributed by atoms with van der Waals surface area (Å²) >= 11 is 3.06. The first kappa shape index (κ1) is 9.06. The fourth-order valence-electron chi connectivity index (χ4n) is 0.887. The molecular weight excluding hydrogens is 220 g/mol. The lowest BCUT2D eigenvalue weighted by Gasteiger charge is -2.02. The molecule has 0 atom stereocenters. The summed E-state index contributed by atoms with van der Waals surface area (Å²) in [5, 5.41) is 0.265. The van der Waals surface area contributed by atoms with Gasteiger partial charge in [-0.3, -0.25) is 4.79 Å². The average molecular weight is 229 g/mol. The van der Waals surface area contributed by atoms with Gasteiger partial charge in [0.05, 0.1) is 5.33 Å². The number of rotatable bonds is 2. The van der Waals surface area contributed by atoms with Gasteiger partial charge in [-0.1, -0.05) is 15.9 Å². The van der Waals surface area contributed by atoms with Crippen molar-refractivity contribution in [3.63, 3.8) is 0 Å². The van der Waals surface area contributed by atoms with E-state index in [4.69, 9.17) is 11.5 Å². The van der Waals surface area contributed by atoms with Crippen LogP contribution in [0.1, 0.15) is 10.4 Å². The molecule has 12 heavy (non-hydrogen) atoms. The molecule has 1 aromatic rings. The Kier molecular flexibility index (Phi) is 2.70. The Labute approximate surface area is 78.9 Å². The predicted octanol–water partition coefficient (Wildman–Crippen LogP) is 1.43. The van der Waals surface area contributed by atoms with E-state index in [-0.39, 0.29) is 11.1 Å². The second kappa shape index (κ2) is 3.58. The molecule has 0 heterocycles. The Morgan fingerprint density at radius 2 is 2.08 bits per heavy atom. The fourth-order valence-corrected chi connectivity index (χ4v) is 1.19. The van der Waals surface area contributed by atoms with Crippen LogP contribution in [-0.2, 0) is 0 Å². The number of hydrogen-bond acceptors (Lipinski definition) is 3. The number of nitrogens with two attached hydrogens (primary N) is 2. The summed E-state index contributed by atoms with van der Waals surface area (Å²) in [6, 6.07) is 4.88. The molecule has 0 unspecified atom stereocenters. The zero-order chi connectivity index (χ0) is 9.14. The van der Waals surface area contributed by atoms with Gasteiger partial charge in [0.2, 0.25) is 0 Å². The van der Waals surface area contributed by atoms with Crippen molar-refractivity contribution >= 4 is 33.1 Å². The molecule has 0 spiro atoms. The number of nitrogen functional groups attached to an aromatic ring is 2. The van der Waals surface area contributed by atoms with E-state index in [1.165, 1.54) is 0 Å². The van der Waals surface area contributed by atoms with Crippen LogP contribution in [0, 0.1) is 0 Å². The van der Waals surface area contributed by atoms with Gasteiger partial charge in [-0.05, 0) is 18.2 Å². The van der Waals surface area contributed by atoms with Crippen molar-refractivity contribution in [3.05, 3.63) is 23.8 Å². The van der Waals surface area contributed by atoms with Gasteiger partial charge in [0.25, 0.3) is 0 Å². The monoisotopic (exact) mass is 228 g/mol. The molecule has 0 aliphatic heterocycles. The third kappa shape index (κ3) is 1.76. The second-order valence-corrected chi connectivity index (χ2v) is 2.96. The van der Waals surface area contributed by atoms with Crippen LogP contribution < -0.4 is 11.5 Å². The zero-order valence-electron chi connectivity index (χ0n) is 6.38. The molecule has 1 aromatic carbocycles. The molecule has 0 bridgehead atoms. The summed E-state index contributed by atoms with van der Waals surface area (Å²) in [5.74, 6) is -0.0557. The number of ketones is 1. The molecule has 4 heteroatoms. The summed E-state index contributed by atoms with van der Waals surface area (Å²) in [7, 11) is 0. The Balaban J connectivity index is 3.13. The van der Waals surface area contributed by atoms with Crippen molar-refractivity contribution in [2.45, 2.75) is 0 Å². The molecule has 4 N–H and O–H groups in total. The van der Waals surface area contributed by atoms with Crippen LogP contribution in [0.3, 0.4) is 0 Å². The minimum absolute atomic E-state index is 0.0557. The van der Waals surface area contributed by atoms with Crippen molar-refractivity contribution in [1.29, 1.82) is 0 Å². The van der Waals surface area contributed by atoms with Crippen LogP contribution >= 0.6 is 15.9 Å². The van der Waals surface area contributed by atoms with E-state index in [2.05, 4.69) is 15.9 Å². The summed E-state index contributed by atoms with van der Waals surface area (Å²) in [6.07, 6.45) is 0. The molecule has 0 radical (unpaired) electrons. The Hall–Kier alpha value is -1.03. The molecule has 64 valence electrons. The van der Waals surface area contributed by atoms with E-state index in [1.54, 1.807) is 18.2 Å². The van der Waals surface area contributed by atoms with Gasteiger partial charge in [-0.15, -0.1) is 0 Å². The average Bonchev–Trinajstić information content (AvgIpc) is 2.08. The lowest BCUT2D eigenvalue weighted by atomic mass is 10.1. The third-order valence-corrected chi connectivity index (χ3v) is 2.01. The minimum atomic E-state index is -0.0557. The molecule has 3 nitrogen and oxygen atoms in total. The largest absolute Gasteiger partial charge is 0.399 e. The number of hydrogen-bond donors (Lipinski definition) is 2. The highest BCUT2D eigenvalue weighted by atomic mass is 79.9. The summed E-state index contributed by atoms with van der Waals surface area (Å²) < 4.78 is 0. The summed E-state index contributed by atoms with van der Waals surface area (Å²) in [4.78, 5) is 11.2. The van der Waals surface area contributed by atoms with E-state index in [1.807, 2.05) is 0 Å². The van der Waals surface area contributed by atoms with Gasteiger partial charge >= 0.3 is 0 Å². The van der Waals surface area contributed by atoms with Gasteiger partial charge < -0.3 is 11.5 Å². The first-order valence-corrected chi connectivity index (χ1v) is 4.51. The number of benzene rings is 1. The van der Waals surface area contributed by atoms with Crippen molar-refractivity contribution in [2.24, 2.45) is 0 Å². The van der Waals surface area contributed by atoms with E-state index >= 15 is 0 Å². The second-order valence-electron chi connectivity index (χ2n) is 2.40. The highest BCUT2D eigenvalue weighted by molar-refractivity contribution is 9.09. The number of alkyl halides is 1. The SMILES string of the molecule is Nc1ccc(N)c(C(=O)CBr)c1. The zero-order valence-corrected chi connectivity index (χ0v) is 7.97. The summed E-state index contributed by atoms with van der Waals surface area (Å²) in [5.41, 5.74) is 12.6. The highest BCUT2D eigenvalue weighted by Crippen LogP contribution is 2.16. The van der Waals surface area contributed by atoms with Gasteiger partial charge in [-0.25, -0.2) is 0 Å². The third-order valence-electron chi connectivity index (χ3n) is 1.50. The molecule has 0 aliphatic carbocycles. The normalized spacial score (nSPS) is 9.75. The van der Waals surface area contributed by atoms with Crippen LogP contribution in [0.4, 0.5) is 11.4 Å². The van der Waals surface area contributed by atoms with Crippen LogP contribution in [0.25, 0.3) is 0 Å². The molecule has 0 aromatic heterocycles. The van der Waals surface area contributed by atoms with Crippen molar-refractivity contribution < 1.29 is 4.79 Å². The molecule has 0 aliphatic rings. The van der Waals surface area contributed by atoms with E-state index in [9.17, 15) is 4.79 Å². The molecule has 0 amide bonds. The maximum Gasteiger partial charge on any atom is 0.175 e. The first-order chi connectivity index (χ1) is 5.65. The molecule has 0 fully saturated rings. The molecule has 0 saturated carbocycles. The van der Waals surface area contributed by atoms with E-state index in [0.29, 0.717) is 16.9 Å². The number of carbonyl (C=O) groups excluding carboxylic acids is 1. The van der Waals surface area contributed by atoms with Crippen LogP contribution in [0.2, 0.25) is 0 Å². The topological polar surface area (TPSA) is 69.1 Å². The van der Waals surface area contributed by atoms with Crippen molar-refractivity contribution in [1.82, 2.24) is 0 Å². The Morgan fingerprint density at radius 3 is 2.67 bits per heavy atom. The number of halogens is 1. The van der Waals surface area contributed by atoms with Gasteiger partial charge in [0.15, 0.2) is 5.78 Å². The smallest absolute Gasteiger partial charge is 0.175 e. The van der Waals surface area contributed by atoms with Gasteiger partial charge in [0.1, 0.15) is 0 Å². The quantitative estimate of drug-likeness (QED) is 0.457. The van der Waals surface area contributed by atoms with Crippen LogP contribution in [0.5, 0.6) is 0 Å². The maximum absolute atomic E-state index is 11.2. The number of carbonyl (C=O) groups is 1. The van der Waals surface area contributed by atoms with E-state index in [0.717, 1.165) is 0 Å². The van der Waals surface area contributed by atoms with Crippen molar-refractivity contribution in [2.75, 3.05) is 16.8 Å². The minimum Gasteiger partial charge on any atom is -0.399 e. The molecule has 1 rings (SSSR count). The molecule has 0 saturated heterocycles. The maximum atomic E-state index is 11.2. The first-order valence-electron chi connectivity index (χ1n) is 3.39. The highest BCUT2D eigenvalue weighted by Gasteiger charge is 2.07. The van der Waals surface area contributed by atoms with Gasteiger partial charge in [0, 0.05) is 16.9 Å². The van der Waals surface area contributed by atoms with Crippen LogP contribution in [-0.4, -0.2) is 11.1 Å². The predicted molar refractivity (Wildman–Crippen MR) is 53.4 cm³/mol. The number of anilines is 2. The van der Waals surface area contributed by atoms with Gasteiger partial charge in [-0.2, -0.15) is 0 Å². The van der Waals surface area contributed by atoms with Crippen molar-refractivity contribution in [3.8, 4) is 0 Å². The number of Topliss-reactive ketones (excluding diaryl/α,β-unsaturated/α-hetero) is 1. The fraction of sp³-hybridized carbons (Fsp3) is 0.125. The van der Waals surface area contributed by atoms with Crippen LogP contribution in [0.15, 0.2) is 18.2 Å². The molecular formula is C8H9BrN2O. The lowest BCUT2D eigenvalue weighted by Crippen LogP contribution is -2.05. The van der Waals surface area contributed by atoms with E-state index < -0.39 is 0 Å². The standard InChI is InChI=1S/C8H9BrN2O/c9-4-8(12)6-3-5(10)1-2-7(6)11/h1-3H,4,10-11H2. The Bertz CT molecular complexity index is 312. The lowest BCUT2D eigenvalue weighted by molar-refractivity contribution is 0.102. The summed E-state index contributed by atoms with van der Waals surface area (Å²) in [6.45, 7) is 0. The Morgan fingerprint density at radius 1 is 1.42 bits per heavy atom.